The minimum atomic E-state index is -0.597. The summed E-state index contributed by atoms with van der Waals surface area (Å²) in [7, 11) is 1.80. The number of halogens is 2. The van der Waals surface area contributed by atoms with E-state index >= 15 is 0 Å². The van der Waals surface area contributed by atoms with Crippen LogP contribution in [-0.2, 0) is 11.8 Å². The minimum Gasteiger partial charge on any atom is -0.352 e. The van der Waals surface area contributed by atoms with Crippen molar-refractivity contribution in [2.24, 2.45) is 7.05 Å². The zero-order valence-corrected chi connectivity index (χ0v) is 17.3. The summed E-state index contributed by atoms with van der Waals surface area (Å²) in [6.45, 7) is 0.178. The van der Waals surface area contributed by atoms with Gasteiger partial charge in [0.1, 0.15) is 17.7 Å². The molecule has 0 aliphatic heterocycles. The number of imidazole rings is 1. The summed E-state index contributed by atoms with van der Waals surface area (Å²) in [4.78, 5) is 28.9. The van der Waals surface area contributed by atoms with Gasteiger partial charge in [0.2, 0.25) is 5.91 Å². The standard InChI is InChI=1S/C21H20BrFN4O2/c1-27-12-11-24-20(27)19(15-3-2-4-17(23)13-15)26-18(28)9-10-25-21(29)14-5-7-16(22)8-6-14/h2-8,11-13,19H,9-10H2,1H3,(H,25,29)(H,26,28). The molecule has 0 radical (unpaired) electrons. The number of amides is 2. The van der Waals surface area contributed by atoms with Crippen molar-refractivity contribution in [2.75, 3.05) is 6.54 Å². The molecule has 150 valence electrons. The van der Waals surface area contributed by atoms with E-state index in [4.69, 9.17) is 0 Å². The Morgan fingerprint density at radius 2 is 1.97 bits per heavy atom. The third-order valence-electron chi connectivity index (χ3n) is 4.35. The maximum Gasteiger partial charge on any atom is 0.251 e. The van der Waals surface area contributed by atoms with Gasteiger partial charge in [0.15, 0.2) is 0 Å². The highest BCUT2D eigenvalue weighted by atomic mass is 79.9. The molecule has 1 unspecified atom stereocenters. The Kier molecular flexibility index (Phi) is 6.77. The fraction of sp³-hybridized carbons (Fsp3) is 0.190. The number of hydrogen-bond acceptors (Lipinski definition) is 3. The van der Waals surface area contributed by atoms with E-state index in [0.29, 0.717) is 17.0 Å². The first-order valence-corrected chi connectivity index (χ1v) is 9.79. The number of rotatable bonds is 7. The molecule has 1 heterocycles. The molecule has 1 aromatic heterocycles. The molecule has 2 N–H and O–H groups in total. The first-order chi connectivity index (χ1) is 13.9. The van der Waals surface area contributed by atoms with Crippen LogP contribution in [0.5, 0.6) is 0 Å². The van der Waals surface area contributed by atoms with Crippen molar-refractivity contribution in [1.29, 1.82) is 0 Å². The van der Waals surface area contributed by atoms with Crippen LogP contribution in [0.15, 0.2) is 65.4 Å². The van der Waals surface area contributed by atoms with Gasteiger partial charge in [-0.05, 0) is 42.0 Å². The average molecular weight is 459 g/mol. The molecular formula is C21H20BrFN4O2. The third kappa shape index (κ3) is 5.51. The van der Waals surface area contributed by atoms with Gasteiger partial charge in [0.05, 0.1) is 0 Å². The predicted octanol–water partition coefficient (Wildman–Crippen LogP) is 3.35. The van der Waals surface area contributed by atoms with Crippen LogP contribution in [0, 0.1) is 5.82 Å². The predicted molar refractivity (Wildman–Crippen MR) is 111 cm³/mol. The second-order valence-electron chi connectivity index (χ2n) is 6.46. The van der Waals surface area contributed by atoms with Gasteiger partial charge in [-0.15, -0.1) is 0 Å². The van der Waals surface area contributed by atoms with Crippen molar-refractivity contribution in [3.63, 3.8) is 0 Å². The van der Waals surface area contributed by atoms with E-state index in [1.807, 2.05) is 0 Å². The highest BCUT2D eigenvalue weighted by molar-refractivity contribution is 9.10. The molecule has 0 fully saturated rings. The minimum absolute atomic E-state index is 0.0819. The summed E-state index contributed by atoms with van der Waals surface area (Å²) in [6, 6.07) is 12.4. The fourth-order valence-electron chi connectivity index (χ4n) is 2.86. The molecule has 1 atom stereocenters. The number of hydrogen-bond donors (Lipinski definition) is 2. The molecule has 0 aliphatic carbocycles. The van der Waals surface area contributed by atoms with Gasteiger partial charge in [0, 0.05) is 42.4 Å². The maximum atomic E-state index is 13.7. The molecule has 3 aromatic rings. The molecule has 2 amide bonds. The molecule has 0 saturated heterocycles. The molecule has 6 nitrogen and oxygen atoms in total. The Labute approximate surface area is 176 Å². The summed E-state index contributed by atoms with van der Waals surface area (Å²) >= 11 is 3.32. The van der Waals surface area contributed by atoms with E-state index in [1.165, 1.54) is 12.1 Å². The molecule has 3 rings (SSSR count). The van der Waals surface area contributed by atoms with Crippen molar-refractivity contribution in [3.05, 3.63) is 88.2 Å². The summed E-state index contributed by atoms with van der Waals surface area (Å²) in [5.41, 5.74) is 1.10. The van der Waals surface area contributed by atoms with Gasteiger partial charge in [-0.1, -0.05) is 28.1 Å². The molecule has 0 spiro atoms. The Hall–Kier alpha value is -3.00. The molecule has 0 aliphatic rings. The Balaban J connectivity index is 1.62. The topological polar surface area (TPSA) is 76.0 Å². The quantitative estimate of drug-likeness (QED) is 0.569. The first-order valence-electron chi connectivity index (χ1n) is 9.00. The van der Waals surface area contributed by atoms with Crippen LogP contribution in [-0.4, -0.2) is 27.9 Å². The molecular weight excluding hydrogens is 439 g/mol. The lowest BCUT2D eigenvalue weighted by molar-refractivity contribution is -0.121. The normalized spacial score (nSPS) is 11.7. The summed E-state index contributed by atoms with van der Waals surface area (Å²) in [5.74, 6) is -0.338. The molecule has 0 saturated carbocycles. The van der Waals surface area contributed by atoms with E-state index in [2.05, 4.69) is 31.5 Å². The number of aryl methyl sites for hydroxylation is 1. The van der Waals surface area contributed by atoms with Crippen LogP contribution in [0.3, 0.4) is 0 Å². The zero-order valence-electron chi connectivity index (χ0n) is 15.7. The zero-order chi connectivity index (χ0) is 20.8. The van der Waals surface area contributed by atoms with Crippen LogP contribution < -0.4 is 10.6 Å². The third-order valence-corrected chi connectivity index (χ3v) is 4.88. The fourth-order valence-corrected chi connectivity index (χ4v) is 3.13. The van der Waals surface area contributed by atoms with Gasteiger partial charge < -0.3 is 15.2 Å². The van der Waals surface area contributed by atoms with Crippen LogP contribution in [0.2, 0.25) is 0 Å². The second kappa shape index (κ2) is 9.47. The summed E-state index contributed by atoms with van der Waals surface area (Å²) < 4.78 is 16.3. The largest absolute Gasteiger partial charge is 0.352 e. The summed E-state index contributed by atoms with van der Waals surface area (Å²) in [6.07, 6.45) is 3.46. The van der Waals surface area contributed by atoms with Gasteiger partial charge in [-0.25, -0.2) is 9.37 Å². The number of benzene rings is 2. The lowest BCUT2D eigenvalue weighted by atomic mass is 10.1. The molecule has 2 aromatic carbocycles. The van der Waals surface area contributed by atoms with Crippen LogP contribution >= 0.6 is 15.9 Å². The van der Waals surface area contributed by atoms with E-state index < -0.39 is 11.9 Å². The monoisotopic (exact) mass is 458 g/mol. The number of nitrogens with one attached hydrogen (secondary N) is 2. The van der Waals surface area contributed by atoms with Gasteiger partial charge in [0.25, 0.3) is 5.91 Å². The van der Waals surface area contributed by atoms with Crippen LogP contribution in [0.25, 0.3) is 0 Å². The molecule has 0 bridgehead atoms. The Bertz CT molecular complexity index is 1000. The van der Waals surface area contributed by atoms with Crippen molar-refractivity contribution in [2.45, 2.75) is 12.5 Å². The van der Waals surface area contributed by atoms with Crippen LogP contribution in [0.4, 0.5) is 4.39 Å². The number of aromatic nitrogens is 2. The van der Waals surface area contributed by atoms with Crippen molar-refractivity contribution >= 4 is 27.7 Å². The average Bonchev–Trinajstić information content (AvgIpc) is 3.12. The highest BCUT2D eigenvalue weighted by Crippen LogP contribution is 2.21. The van der Waals surface area contributed by atoms with E-state index in [0.717, 1.165) is 4.47 Å². The number of carbonyl (C=O) groups is 2. The van der Waals surface area contributed by atoms with Crippen molar-refractivity contribution in [1.82, 2.24) is 20.2 Å². The van der Waals surface area contributed by atoms with E-state index in [9.17, 15) is 14.0 Å². The van der Waals surface area contributed by atoms with Gasteiger partial charge >= 0.3 is 0 Å². The number of nitrogens with zero attached hydrogens (tertiary/aromatic N) is 2. The van der Waals surface area contributed by atoms with E-state index in [1.54, 1.807) is 60.4 Å². The Morgan fingerprint density at radius 1 is 1.21 bits per heavy atom. The SMILES string of the molecule is Cn1ccnc1C(NC(=O)CCNC(=O)c1ccc(Br)cc1)c1cccc(F)c1. The lowest BCUT2D eigenvalue weighted by Crippen LogP contribution is -2.34. The maximum absolute atomic E-state index is 13.7. The van der Waals surface area contributed by atoms with Crippen LogP contribution in [0.1, 0.15) is 34.2 Å². The first kappa shape index (κ1) is 20.7. The number of carbonyl (C=O) groups excluding carboxylic acids is 2. The highest BCUT2D eigenvalue weighted by Gasteiger charge is 2.21. The summed E-state index contributed by atoms with van der Waals surface area (Å²) in [5, 5.41) is 5.60. The molecule has 8 heteroatoms. The van der Waals surface area contributed by atoms with Gasteiger partial charge in [-0.3, -0.25) is 9.59 Å². The van der Waals surface area contributed by atoms with Gasteiger partial charge in [-0.2, -0.15) is 0 Å². The lowest BCUT2D eigenvalue weighted by Gasteiger charge is -2.19. The van der Waals surface area contributed by atoms with E-state index in [-0.39, 0.29) is 24.8 Å². The van der Waals surface area contributed by atoms with Crippen molar-refractivity contribution < 1.29 is 14.0 Å². The van der Waals surface area contributed by atoms with Crippen molar-refractivity contribution in [3.8, 4) is 0 Å². The Morgan fingerprint density at radius 3 is 2.62 bits per heavy atom. The second-order valence-corrected chi connectivity index (χ2v) is 7.38. The molecule has 29 heavy (non-hydrogen) atoms. The smallest absolute Gasteiger partial charge is 0.251 e.